The first-order valence-corrected chi connectivity index (χ1v) is 10.0. The first-order chi connectivity index (χ1) is 16.0. The lowest BCUT2D eigenvalue weighted by Gasteiger charge is -2.32. The number of nitrogens with zero attached hydrogens (tertiary/aromatic N) is 5. The summed E-state index contributed by atoms with van der Waals surface area (Å²) in [4.78, 5) is 80.9. The molecule has 33 heavy (non-hydrogen) atoms. The van der Waals surface area contributed by atoms with E-state index in [-0.39, 0.29) is 22.2 Å². The third-order valence-electron chi connectivity index (χ3n) is 5.52. The topological polar surface area (TPSA) is 146 Å². The summed E-state index contributed by atoms with van der Waals surface area (Å²) in [6.07, 6.45) is 3.20. The molecule has 5 rings (SSSR count). The molecule has 1 fully saturated rings. The molecular formula is C21H16N6O6. The van der Waals surface area contributed by atoms with E-state index in [0.717, 1.165) is 12.6 Å². The minimum absolute atomic E-state index is 0.0436. The van der Waals surface area contributed by atoms with E-state index in [0.29, 0.717) is 37.2 Å². The molecule has 1 aromatic carbocycles. The summed E-state index contributed by atoms with van der Waals surface area (Å²) in [5, 5.41) is 0.386. The van der Waals surface area contributed by atoms with Crippen LogP contribution in [0, 0.1) is 0 Å². The Morgan fingerprint density at radius 3 is 2.33 bits per heavy atom. The van der Waals surface area contributed by atoms with Crippen LogP contribution in [0.2, 0.25) is 0 Å². The second-order valence-electron chi connectivity index (χ2n) is 7.42. The van der Waals surface area contributed by atoms with Crippen LogP contribution in [0.1, 0.15) is 31.1 Å². The number of piperazine rings is 1. The van der Waals surface area contributed by atoms with Crippen LogP contribution in [-0.2, 0) is 9.63 Å². The fourth-order valence-corrected chi connectivity index (χ4v) is 3.71. The van der Waals surface area contributed by atoms with Gasteiger partial charge in [-0.15, -0.1) is 0 Å². The van der Waals surface area contributed by atoms with E-state index in [1.807, 2.05) is 4.90 Å². The number of anilines is 1. The number of hydroxylamine groups is 2. The quantitative estimate of drug-likeness (QED) is 0.429. The number of aromatic nitrogens is 3. The number of aromatic amines is 1. The Morgan fingerprint density at radius 1 is 1.03 bits per heavy atom. The molecule has 0 unspecified atom stereocenters. The SMILES string of the molecule is O=CN1CCN(c2ncc3c(=O)c(C(=O)ON4C(=O)c5ccccc5C4=O)c[nH]c3n2)CC1. The first kappa shape index (κ1) is 20.3. The number of carbonyl (C=O) groups is 4. The van der Waals surface area contributed by atoms with Gasteiger partial charge in [0.05, 0.1) is 16.5 Å². The predicted octanol–water partition coefficient (Wildman–Crippen LogP) is -0.0355. The van der Waals surface area contributed by atoms with Gasteiger partial charge in [0, 0.05) is 38.6 Å². The van der Waals surface area contributed by atoms with Crippen LogP contribution >= 0.6 is 0 Å². The molecule has 0 bridgehead atoms. The van der Waals surface area contributed by atoms with E-state index >= 15 is 0 Å². The van der Waals surface area contributed by atoms with E-state index in [1.165, 1.54) is 18.3 Å². The molecule has 0 aliphatic carbocycles. The lowest BCUT2D eigenvalue weighted by atomic mass is 10.1. The summed E-state index contributed by atoms with van der Waals surface area (Å²) in [6, 6.07) is 6.06. The Morgan fingerprint density at radius 2 is 1.70 bits per heavy atom. The van der Waals surface area contributed by atoms with Gasteiger partial charge in [0.1, 0.15) is 11.2 Å². The fourth-order valence-electron chi connectivity index (χ4n) is 3.71. The second-order valence-corrected chi connectivity index (χ2v) is 7.42. The van der Waals surface area contributed by atoms with E-state index in [4.69, 9.17) is 4.84 Å². The maximum absolute atomic E-state index is 12.8. The number of pyridine rings is 1. The fraction of sp³-hybridized carbons (Fsp3) is 0.190. The molecule has 4 heterocycles. The zero-order valence-electron chi connectivity index (χ0n) is 17.1. The summed E-state index contributed by atoms with van der Waals surface area (Å²) in [6.45, 7) is 2.15. The van der Waals surface area contributed by atoms with Crippen molar-refractivity contribution in [1.82, 2.24) is 24.9 Å². The summed E-state index contributed by atoms with van der Waals surface area (Å²) in [5.74, 6) is -2.36. The Hall–Kier alpha value is -4.61. The summed E-state index contributed by atoms with van der Waals surface area (Å²) >= 11 is 0. The lowest BCUT2D eigenvalue weighted by molar-refractivity contribution is -0.118. The third-order valence-corrected chi connectivity index (χ3v) is 5.52. The number of amides is 3. The minimum Gasteiger partial charge on any atom is -0.345 e. The van der Waals surface area contributed by atoms with Gasteiger partial charge in [-0.05, 0) is 12.1 Å². The normalized spacial score (nSPS) is 15.7. The molecule has 2 aromatic heterocycles. The maximum atomic E-state index is 12.8. The average Bonchev–Trinajstić information content (AvgIpc) is 3.09. The van der Waals surface area contributed by atoms with Crippen LogP contribution in [0.5, 0.6) is 0 Å². The highest BCUT2D eigenvalue weighted by Gasteiger charge is 2.39. The molecule has 0 saturated carbocycles. The van der Waals surface area contributed by atoms with Crippen molar-refractivity contribution < 1.29 is 24.0 Å². The highest BCUT2D eigenvalue weighted by Crippen LogP contribution is 2.23. The van der Waals surface area contributed by atoms with Gasteiger partial charge in [-0.1, -0.05) is 17.2 Å². The van der Waals surface area contributed by atoms with Crippen LogP contribution < -0.4 is 10.3 Å². The number of nitrogens with one attached hydrogen (secondary N) is 1. The maximum Gasteiger partial charge on any atom is 0.369 e. The van der Waals surface area contributed by atoms with Crippen LogP contribution in [0.4, 0.5) is 5.95 Å². The highest BCUT2D eigenvalue weighted by molar-refractivity contribution is 6.21. The monoisotopic (exact) mass is 448 g/mol. The molecule has 3 amide bonds. The van der Waals surface area contributed by atoms with Gasteiger partial charge < -0.3 is 19.6 Å². The zero-order valence-corrected chi connectivity index (χ0v) is 17.1. The van der Waals surface area contributed by atoms with Crippen LogP contribution in [0.25, 0.3) is 11.0 Å². The summed E-state index contributed by atoms with van der Waals surface area (Å²) in [5.41, 5.74) is -0.687. The number of fused-ring (bicyclic) bond motifs is 2. The molecular weight excluding hydrogens is 432 g/mol. The molecule has 2 aliphatic heterocycles. The second kappa shape index (κ2) is 7.82. The van der Waals surface area contributed by atoms with E-state index in [2.05, 4.69) is 15.0 Å². The van der Waals surface area contributed by atoms with Gasteiger partial charge in [0.15, 0.2) is 0 Å². The van der Waals surface area contributed by atoms with E-state index in [9.17, 15) is 24.0 Å². The Bertz CT molecular complexity index is 1340. The first-order valence-electron chi connectivity index (χ1n) is 10.0. The molecule has 0 radical (unpaired) electrons. The number of H-pyrrole nitrogens is 1. The third kappa shape index (κ3) is 3.37. The molecule has 0 spiro atoms. The molecule has 12 nitrogen and oxygen atoms in total. The molecule has 3 aromatic rings. The molecule has 166 valence electrons. The minimum atomic E-state index is -1.17. The van der Waals surface area contributed by atoms with Crippen molar-refractivity contribution in [3.63, 3.8) is 0 Å². The lowest BCUT2D eigenvalue weighted by Crippen LogP contribution is -2.46. The van der Waals surface area contributed by atoms with Crippen molar-refractivity contribution in [2.45, 2.75) is 0 Å². The predicted molar refractivity (Wildman–Crippen MR) is 112 cm³/mol. The summed E-state index contributed by atoms with van der Waals surface area (Å²) < 4.78 is 0. The van der Waals surface area contributed by atoms with Gasteiger partial charge in [-0.2, -0.15) is 4.98 Å². The number of benzene rings is 1. The molecule has 12 heteroatoms. The Kier molecular flexibility index (Phi) is 4.81. The van der Waals surface area contributed by atoms with E-state index in [1.54, 1.807) is 17.0 Å². The average molecular weight is 448 g/mol. The highest BCUT2D eigenvalue weighted by atomic mass is 16.7. The van der Waals surface area contributed by atoms with Crippen molar-refractivity contribution in [3.05, 3.63) is 63.6 Å². The smallest absolute Gasteiger partial charge is 0.345 e. The zero-order chi connectivity index (χ0) is 23.1. The molecule has 0 atom stereocenters. The largest absolute Gasteiger partial charge is 0.369 e. The summed E-state index contributed by atoms with van der Waals surface area (Å²) in [7, 11) is 0. The standard InChI is InChI=1S/C21H16N6O6/c28-11-25-5-7-26(8-6-25)21-23-9-14-16(29)15(10-22-17(14)24-21)20(32)33-27-18(30)12-3-1-2-4-13(12)19(27)31/h1-4,9-11H,5-8H2,(H,22,23,24,29). The van der Waals surface area contributed by atoms with Gasteiger partial charge in [0.2, 0.25) is 17.8 Å². The van der Waals surface area contributed by atoms with Crippen LogP contribution in [-0.4, -0.2) is 75.3 Å². The van der Waals surface area contributed by atoms with Gasteiger partial charge in [0.25, 0.3) is 11.8 Å². The van der Waals surface area contributed by atoms with E-state index < -0.39 is 28.8 Å². The molecule has 1 saturated heterocycles. The van der Waals surface area contributed by atoms with Crippen molar-refractivity contribution in [3.8, 4) is 0 Å². The number of hydrogen-bond donors (Lipinski definition) is 1. The van der Waals surface area contributed by atoms with Gasteiger partial charge >= 0.3 is 5.97 Å². The molecule has 2 aliphatic rings. The van der Waals surface area contributed by atoms with Crippen molar-refractivity contribution in [2.24, 2.45) is 0 Å². The van der Waals surface area contributed by atoms with Crippen molar-refractivity contribution >= 4 is 41.2 Å². The number of rotatable bonds is 4. The Labute approximate surface area is 185 Å². The van der Waals surface area contributed by atoms with Crippen molar-refractivity contribution in [1.29, 1.82) is 0 Å². The van der Waals surface area contributed by atoms with Crippen LogP contribution in [0.15, 0.2) is 41.5 Å². The van der Waals surface area contributed by atoms with Crippen molar-refractivity contribution in [2.75, 3.05) is 31.1 Å². The van der Waals surface area contributed by atoms with Gasteiger partial charge in [-0.25, -0.2) is 9.78 Å². The molecule has 1 N–H and O–H groups in total. The Balaban J connectivity index is 1.38. The van der Waals surface area contributed by atoms with Crippen LogP contribution in [0.3, 0.4) is 0 Å². The number of hydrogen-bond acceptors (Lipinski definition) is 9. The van der Waals surface area contributed by atoms with Gasteiger partial charge in [-0.3, -0.25) is 19.2 Å². The number of imide groups is 1. The number of carbonyl (C=O) groups excluding carboxylic acids is 4.